The van der Waals surface area contributed by atoms with Crippen LogP contribution in [-0.2, 0) is 5.21 Å². The Morgan fingerprint density at radius 1 is 1.50 bits per heavy atom. The Morgan fingerprint density at radius 2 is 1.50 bits per heavy atom. The van der Waals surface area contributed by atoms with Crippen molar-refractivity contribution in [2.45, 2.75) is 0 Å². The summed E-state index contributed by atoms with van der Waals surface area (Å²) >= 11 is 0. The Morgan fingerprint density at radius 3 is 1.50 bits per heavy atom. The summed E-state index contributed by atoms with van der Waals surface area (Å²) in [5.41, 5.74) is 0. The van der Waals surface area contributed by atoms with Gasteiger partial charge in [-0.1, -0.05) is 0 Å². The van der Waals surface area contributed by atoms with Crippen LogP contribution in [-0.4, -0.2) is 4.60 Å². The van der Waals surface area contributed by atoms with Crippen molar-refractivity contribution in [2.24, 2.45) is 0 Å². The third-order valence-electron chi connectivity index (χ3n) is 0. The summed E-state index contributed by atoms with van der Waals surface area (Å²) < 4.78 is 0.583. The topological polar surface area (TPSA) is 23.1 Å². The highest BCUT2D eigenvalue weighted by Gasteiger charge is 1.64. The van der Waals surface area contributed by atoms with Gasteiger partial charge < -0.3 is 0 Å². The maximum absolute atomic E-state index is 9.29. The highest BCUT2D eigenvalue weighted by molar-refractivity contribution is 7.30. The van der Waals surface area contributed by atoms with Gasteiger partial charge in [0, 0.05) is 0 Å². The van der Waals surface area contributed by atoms with Crippen LogP contribution in [0.2, 0.25) is 0 Å². The van der Waals surface area contributed by atoms with Crippen molar-refractivity contribution in [3.05, 3.63) is 0 Å². The second kappa shape index (κ2) is 2.04. The molecule has 0 N–H and O–H groups in total. The van der Waals surface area contributed by atoms with Gasteiger partial charge in [-0.25, -0.2) is 0 Å². The van der Waals surface area contributed by atoms with E-state index in [-0.39, 0.29) is 0 Å². The molecule has 0 fully saturated rings. The lowest BCUT2D eigenvalue weighted by Gasteiger charge is -1.82. The summed E-state index contributed by atoms with van der Waals surface area (Å²) in [6.45, 7) is 0. The van der Waals surface area contributed by atoms with Crippen molar-refractivity contribution >= 4 is 18.8 Å². The van der Waals surface area contributed by atoms with Gasteiger partial charge in [0.1, 0.15) is 0 Å². The summed E-state index contributed by atoms with van der Waals surface area (Å²) in [6, 6.07) is 0. The van der Waals surface area contributed by atoms with Crippen LogP contribution in [0, 0.1) is 0 Å². The van der Waals surface area contributed by atoms with E-state index in [4.69, 9.17) is 0 Å². The molecule has 0 spiro atoms. The molecule has 0 rings (SSSR count). The lowest BCUT2D eigenvalue weighted by Crippen LogP contribution is -1.72. The lowest BCUT2D eigenvalue weighted by molar-refractivity contribution is 0.0289. The highest BCUT2D eigenvalue weighted by atomic mass is 31.1. The van der Waals surface area contributed by atoms with Crippen LogP contribution < -0.4 is 0 Å². The van der Waals surface area contributed by atoms with Crippen molar-refractivity contribution in [2.75, 3.05) is 0 Å². The van der Waals surface area contributed by atoms with Crippen molar-refractivity contribution in [1.29, 1.82) is 0 Å². The zero-order valence-electron chi connectivity index (χ0n) is 2.01. The van der Waals surface area contributed by atoms with Crippen LogP contribution in [0.4, 0.5) is 0 Å². The molecule has 0 amide bonds. The van der Waals surface area contributed by atoms with Gasteiger partial charge in [-0.3, -0.25) is 0 Å². The normalized spacial score (nSPS) is 9.00. The molecule has 0 heterocycles. The zero-order chi connectivity index (χ0) is 3.58. The molecular weight excluding hydrogens is 92.0 g/mol. The van der Waals surface area contributed by atoms with Gasteiger partial charge in [0.2, 0.25) is 0 Å². The average molecular weight is 96.0 g/mol. The van der Waals surface area contributed by atoms with Gasteiger partial charge in [-0.2, -0.15) is 0 Å². The minimum Gasteiger partial charge on any atom is -0.126 e. The van der Waals surface area contributed by atoms with E-state index in [0.717, 1.165) is 0 Å². The molecule has 0 aliphatic heterocycles. The number of hydrogen-bond donors (Lipinski definition) is 0. The van der Waals surface area contributed by atoms with E-state index in [2.05, 4.69) is 0 Å². The number of rotatable bonds is 0. The molecule has 4 heavy (non-hydrogen) atoms. The highest BCUT2D eigenvalue weighted by Crippen LogP contribution is 1.97. The van der Waals surface area contributed by atoms with E-state index in [0.29, 0.717) is 4.60 Å². The fourth-order valence-corrected chi connectivity index (χ4v) is 0. The van der Waals surface area contributed by atoms with E-state index < -0.39 is 0 Å². The summed E-state index contributed by atoms with van der Waals surface area (Å²) in [4.78, 5) is 0. The minimum atomic E-state index is 0.583. The summed E-state index contributed by atoms with van der Waals surface area (Å²) in [5.74, 6) is 0. The molecule has 0 aliphatic rings. The molecule has 0 aromatic carbocycles. The van der Waals surface area contributed by atoms with Crippen LogP contribution in [0.1, 0.15) is 0 Å². The van der Waals surface area contributed by atoms with Crippen molar-refractivity contribution in [1.82, 2.24) is 4.60 Å². The Hall–Kier alpha value is 0.780. The van der Waals surface area contributed by atoms with Gasteiger partial charge in [-0.15, -0.1) is 9.81 Å². The van der Waals surface area contributed by atoms with Crippen molar-refractivity contribution in [3.8, 4) is 0 Å². The van der Waals surface area contributed by atoms with Crippen molar-refractivity contribution in [3.63, 3.8) is 0 Å². The molecule has 0 aromatic rings. The fraction of sp³-hybridized carbons (Fsp3) is 0. The molecule has 1 radical (unpaired) electrons. The van der Waals surface area contributed by atoms with E-state index in [1.807, 2.05) is 18.8 Å². The third-order valence-corrected chi connectivity index (χ3v) is 0. The summed E-state index contributed by atoms with van der Waals surface area (Å²) in [6.07, 6.45) is 0. The van der Waals surface area contributed by atoms with Gasteiger partial charge in [0.15, 0.2) is 0 Å². The van der Waals surface area contributed by atoms with Gasteiger partial charge in [0.25, 0.3) is 0 Å². The Kier molecular flexibility index (Phi) is 2.44. The first-order valence-electron chi connectivity index (χ1n) is 0.699. The second-order valence-electron chi connectivity index (χ2n) is 0.360. The van der Waals surface area contributed by atoms with E-state index in [1.165, 1.54) is 0 Å². The molecule has 0 aliphatic carbocycles. The summed E-state index contributed by atoms with van der Waals surface area (Å²) in [5, 5.41) is 9.29. The maximum atomic E-state index is 9.29. The predicted octanol–water partition coefficient (Wildman–Crippen LogP) is 0.214. The molecule has 0 saturated heterocycles. The van der Waals surface area contributed by atoms with E-state index in [1.54, 1.807) is 0 Å². The first-order valence-corrected chi connectivity index (χ1v) is 1.73. The van der Waals surface area contributed by atoms with Gasteiger partial charge in [-0.05, 0) is 18.8 Å². The van der Waals surface area contributed by atoms with Crippen LogP contribution in [0.3, 0.4) is 0 Å². The zero-order valence-corrected chi connectivity index (χ0v) is 4.32. The minimum absolute atomic E-state index is 0.583. The molecule has 0 aromatic heterocycles. The molecule has 2 atom stereocenters. The molecule has 25 valence electrons. The van der Waals surface area contributed by atoms with Gasteiger partial charge in [0.05, 0.1) is 0 Å². The predicted molar refractivity (Wildman–Crippen MR) is 21.9 cm³/mol. The Bertz CT molecular complexity index is 10.8. The van der Waals surface area contributed by atoms with Crippen LogP contribution in [0.5, 0.6) is 0 Å². The lowest BCUT2D eigenvalue weighted by atomic mass is 13.5. The van der Waals surface area contributed by atoms with Crippen molar-refractivity contribution < 1.29 is 5.21 Å². The molecule has 2 unspecified atom stereocenters. The van der Waals surface area contributed by atoms with Gasteiger partial charge >= 0.3 is 0 Å². The van der Waals surface area contributed by atoms with Crippen LogP contribution in [0.15, 0.2) is 0 Å². The van der Waals surface area contributed by atoms with E-state index in [9.17, 15) is 5.21 Å². The Balaban J connectivity index is 2.32. The molecule has 0 saturated carbocycles. The number of nitrogens with zero attached hydrogens (tertiary/aromatic N) is 1. The quantitative estimate of drug-likeness (QED) is 0.312. The first kappa shape index (κ1) is 4.78. The smallest absolute Gasteiger partial charge is 0.0283 e. The third kappa shape index (κ3) is 14.5. The molecule has 0 bridgehead atoms. The molecular formula is H4NOP2. The standard InChI is InChI=1S/H4NOP2/c2-1(3)4/h3-4H2. The van der Waals surface area contributed by atoms with Crippen LogP contribution in [0.25, 0.3) is 0 Å². The SMILES string of the molecule is [O]N(P)P. The maximum Gasteiger partial charge on any atom is -0.0283 e. The van der Waals surface area contributed by atoms with Crippen LogP contribution >= 0.6 is 18.8 Å². The van der Waals surface area contributed by atoms with E-state index >= 15 is 0 Å². The average Bonchev–Trinajstić information content (AvgIpc) is 0.811. The fourth-order valence-electron chi connectivity index (χ4n) is 0. The molecule has 2 nitrogen and oxygen atoms in total. The monoisotopic (exact) mass is 96.0 g/mol. The second-order valence-corrected chi connectivity index (χ2v) is 1.97. The largest absolute Gasteiger partial charge is 0.126 e. The first-order chi connectivity index (χ1) is 1.73. The number of hydrogen-bond acceptors (Lipinski definition) is 1. The Labute approximate surface area is 29.7 Å². The molecule has 4 heteroatoms. The summed E-state index contributed by atoms with van der Waals surface area (Å²) in [7, 11) is 3.80.